The zero-order chi connectivity index (χ0) is 19.9. The number of carbonyl (C=O) groups is 5. The quantitative estimate of drug-likeness (QED) is 0.699. The molecule has 0 unspecified atom stereocenters. The fraction of sp³-hybridized carbons (Fsp3) is 0.0556. The highest BCUT2D eigenvalue weighted by Gasteiger charge is 2.37. The summed E-state index contributed by atoms with van der Waals surface area (Å²) >= 11 is 0. The number of fused-ring (bicyclic) bond motifs is 1. The third kappa shape index (κ3) is 3.13. The van der Waals surface area contributed by atoms with Gasteiger partial charge in [-0.2, -0.15) is 0 Å². The monoisotopic (exact) mass is 368 g/mol. The summed E-state index contributed by atoms with van der Waals surface area (Å²) in [5, 5.41) is 20.7. The molecule has 3 N–H and O–H groups in total. The smallest absolute Gasteiger partial charge is 0.335 e. The van der Waals surface area contributed by atoms with Gasteiger partial charge in [-0.25, -0.2) is 14.5 Å². The number of amides is 3. The Morgan fingerprint density at radius 3 is 2.07 bits per heavy atom. The average Bonchev–Trinajstić information content (AvgIpc) is 2.84. The molecule has 136 valence electrons. The van der Waals surface area contributed by atoms with Crippen LogP contribution >= 0.6 is 0 Å². The summed E-state index contributed by atoms with van der Waals surface area (Å²) in [6.07, 6.45) is 0. The fourth-order valence-corrected chi connectivity index (χ4v) is 2.75. The van der Waals surface area contributed by atoms with Gasteiger partial charge in [0.05, 0.1) is 27.9 Å². The van der Waals surface area contributed by atoms with Gasteiger partial charge < -0.3 is 15.5 Å². The molecule has 9 heteroatoms. The van der Waals surface area contributed by atoms with Crippen LogP contribution in [-0.2, 0) is 4.79 Å². The van der Waals surface area contributed by atoms with Gasteiger partial charge in [0, 0.05) is 12.6 Å². The van der Waals surface area contributed by atoms with Gasteiger partial charge in [-0.15, -0.1) is 0 Å². The molecule has 0 bridgehead atoms. The van der Waals surface area contributed by atoms with Crippen molar-refractivity contribution in [1.29, 1.82) is 0 Å². The first-order chi connectivity index (χ1) is 12.7. The van der Waals surface area contributed by atoms with E-state index in [0.717, 1.165) is 17.0 Å². The van der Waals surface area contributed by atoms with Crippen LogP contribution in [-0.4, -0.2) is 39.9 Å². The van der Waals surface area contributed by atoms with E-state index >= 15 is 0 Å². The van der Waals surface area contributed by atoms with Gasteiger partial charge in [0.25, 0.3) is 11.8 Å². The zero-order valence-electron chi connectivity index (χ0n) is 13.8. The normalized spacial score (nSPS) is 12.7. The zero-order valence-corrected chi connectivity index (χ0v) is 13.8. The molecule has 2 aromatic rings. The summed E-state index contributed by atoms with van der Waals surface area (Å²) in [7, 11) is 0. The number of aromatic carboxylic acids is 2. The van der Waals surface area contributed by atoms with Crippen molar-refractivity contribution in [2.24, 2.45) is 0 Å². The molecule has 3 rings (SSSR count). The van der Waals surface area contributed by atoms with E-state index in [9.17, 15) is 29.1 Å². The van der Waals surface area contributed by atoms with Gasteiger partial charge in [0.15, 0.2) is 0 Å². The van der Waals surface area contributed by atoms with Crippen molar-refractivity contribution in [2.45, 2.75) is 6.92 Å². The Morgan fingerprint density at radius 1 is 0.852 bits per heavy atom. The molecule has 0 saturated carbocycles. The maximum absolute atomic E-state index is 12.7. The number of nitrogens with one attached hydrogen (secondary N) is 1. The minimum Gasteiger partial charge on any atom is -0.478 e. The molecule has 0 aromatic heterocycles. The lowest BCUT2D eigenvalue weighted by Gasteiger charge is -2.16. The number of hydrogen-bond acceptors (Lipinski definition) is 5. The number of carboxylic acid groups (broad SMARTS) is 2. The average molecular weight is 368 g/mol. The Labute approximate surface area is 151 Å². The van der Waals surface area contributed by atoms with Gasteiger partial charge in [-0.3, -0.25) is 14.4 Å². The molecule has 3 amide bonds. The third-order valence-electron chi connectivity index (χ3n) is 3.88. The van der Waals surface area contributed by atoms with Crippen LogP contribution in [0.1, 0.15) is 48.4 Å². The van der Waals surface area contributed by atoms with Crippen LogP contribution < -0.4 is 10.2 Å². The molecule has 0 radical (unpaired) electrons. The molecule has 0 aliphatic carbocycles. The van der Waals surface area contributed by atoms with Gasteiger partial charge in [0.1, 0.15) is 0 Å². The number of imide groups is 1. The van der Waals surface area contributed by atoms with Gasteiger partial charge in [-0.05, 0) is 36.4 Å². The highest BCUT2D eigenvalue weighted by Crippen LogP contribution is 2.31. The summed E-state index contributed by atoms with van der Waals surface area (Å²) in [6.45, 7) is 1.22. The largest absolute Gasteiger partial charge is 0.478 e. The van der Waals surface area contributed by atoms with Crippen LogP contribution in [0.5, 0.6) is 0 Å². The van der Waals surface area contributed by atoms with Crippen molar-refractivity contribution >= 4 is 41.0 Å². The first-order valence-electron chi connectivity index (χ1n) is 7.61. The molecular weight excluding hydrogens is 356 g/mol. The molecule has 0 fully saturated rings. The molecule has 1 heterocycles. The predicted molar refractivity (Wildman–Crippen MR) is 92.2 cm³/mol. The number of benzene rings is 2. The summed E-state index contributed by atoms with van der Waals surface area (Å²) < 4.78 is 0. The maximum atomic E-state index is 12.7. The number of hydrogen-bond donors (Lipinski definition) is 3. The van der Waals surface area contributed by atoms with Crippen molar-refractivity contribution in [3.05, 3.63) is 58.7 Å². The summed E-state index contributed by atoms with van der Waals surface area (Å²) in [5.74, 6) is -4.53. The number of carboxylic acids is 2. The minimum atomic E-state index is -1.31. The molecule has 0 spiro atoms. The van der Waals surface area contributed by atoms with Crippen LogP contribution in [0.4, 0.5) is 11.4 Å². The topological polar surface area (TPSA) is 141 Å². The van der Waals surface area contributed by atoms with E-state index < -0.39 is 29.7 Å². The number of nitrogens with zero attached hydrogens (tertiary/aromatic N) is 1. The SMILES string of the molecule is CC(=O)Nc1cc(C(=O)O)cc(N2C(=O)c3ccc(C(=O)O)cc3C2=O)c1. The van der Waals surface area contributed by atoms with Gasteiger partial charge >= 0.3 is 11.9 Å². The predicted octanol–water partition coefficient (Wildman–Crippen LogP) is 1.84. The second kappa shape index (κ2) is 6.37. The first-order valence-corrected chi connectivity index (χ1v) is 7.61. The highest BCUT2D eigenvalue weighted by molar-refractivity contribution is 6.35. The standard InChI is InChI=1S/C18H12N2O7/c1-8(21)19-11-4-10(18(26)27)5-12(7-11)20-15(22)13-3-2-9(17(24)25)6-14(13)16(20)23/h2-7H,1H3,(H,19,21)(H,24,25)(H,26,27). The van der Waals surface area contributed by atoms with E-state index in [1.165, 1.54) is 31.2 Å². The Bertz CT molecular complexity index is 1040. The number of carbonyl (C=O) groups excluding carboxylic acids is 3. The second-order valence-corrected chi connectivity index (χ2v) is 5.77. The first kappa shape index (κ1) is 17.8. The summed E-state index contributed by atoms with van der Waals surface area (Å²) in [4.78, 5) is 59.8. The summed E-state index contributed by atoms with van der Waals surface area (Å²) in [6, 6.07) is 7.11. The van der Waals surface area contributed by atoms with E-state index in [1.807, 2.05) is 0 Å². The highest BCUT2D eigenvalue weighted by atomic mass is 16.4. The van der Waals surface area contributed by atoms with Crippen LogP contribution in [0.2, 0.25) is 0 Å². The lowest BCUT2D eigenvalue weighted by atomic mass is 10.1. The molecule has 1 aliphatic rings. The van der Waals surface area contributed by atoms with Crippen LogP contribution in [0, 0.1) is 0 Å². The Hall–Kier alpha value is -4.01. The molecular formula is C18H12N2O7. The Balaban J connectivity index is 2.11. The van der Waals surface area contributed by atoms with Crippen LogP contribution in [0.25, 0.3) is 0 Å². The van der Waals surface area contributed by atoms with Crippen molar-refractivity contribution in [3.8, 4) is 0 Å². The van der Waals surface area contributed by atoms with E-state index in [4.69, 9.17) is 5.11 Å². The maximum Gasteiger partial charge on any atom is 0.335 e. The molecule has 0 atom stereocenters. The molecule has 2 aromatic carbocycles. The minimum absolute atomic E-state index is 0.00630. The summed E-state index contributed by atoms with van der Waals surface area (Å²) in [5.41, 5.74) is -0.440. The number of rotatable bonds is 4. The number of anilines is 2. The molecule has 1 aliphatic heterocycles. The Kier molecular flexibility index (Phi) is 4.20. The van der Waals surface area contributed by atoms with Crippen molar-refractivity contribution < 1.29 is 34.2 Å². The lowest BCUT2D eigenvalue weighted by Crippen LogP contribution is -2.29. The third-order valence-corrected chi connectivity index (χ3v) is 3.88. The van der Waals surface area contributed by atoms with Crippen molar-refractivity contribution in [2.75, 3.05) is 10.2 Å². The Morgan fingerprint density at radius 2 is 1.48 bits per heavy atom. The van der Waals surface area contributed by atoms with Crippen LogP contribution in [0.3, 0.4) is 0 Å². The van der Waals surface area contributed by atoms with Crippen molar-refractivity contribution in [1.82, 2.24) is 0 Å². The van der Waals surface area contributed by atoms with E-state index in [2.05, 4.69) is 5.32 Å². The second-order valence-electron chi connectivity index (χ2n) is 5.77. The lowest BCUT2D eigenvalue weighted by molar-refractivity contribution is -0.114. The van der Waals surface area contributed by atoms with Crippen LogP contribution in [0.15, 0.2) is 36.4 Å². The van der Waals surface area contributed by atoms with Gasteiger partial charge in [0.2, 0.25) is 5.91 Å². The van der Waals surface area contributed by atoms with E-state index in [1.54, 1.807) is 0 Å². The molecule has 27 heavy (non-hydrogen) atoms. The molecule has 0 saturated heterocycles. The van der Waals surface area contributed by atoms with Gasteiger partial charge in [-0.1, -0.05) is 0 Å². The van der Waals surface area contributed by atoms with Crippen molar-refractivity contribution in [3.63, 3.8) is 0 Å². The van der Waals surface area contributed by atoms with E-state index in [0.29, 0.717) is 0 Å². The van der Waals surface area contributed by atoms with E-state index in [-0.39, 0.29) is 33.6 Å². The molecule has 9 nitrogen and oxygen atoms in total. The fourth-order valence-electron chi connectivity index (χ4n) is 2.75.